The van der Waals surface area contributed by atoms with E-state index in [0.717, 1.165) is 6.07 Å². The van der Waals surface area contributed by atoms with Gasteiger partial charge in [-0.2, -0.15) is 13.2 Å². The van der Waals surface area contributed by atoms with Gasteiger partial charge in [-0.25, -0.2) is 4.98 Å². The van der Waals surface area contributed by atoms with Crippen LogP contribution in [-0.2, 0) is 6.18 Å². The molecule has 1 N–H and O–H groups in total. The average molecular weight is 381 g/mol. The molecule has 3 rings (SSSR count). The first-order chi connectivity index (χ1) is 12.8. The number of alkyl halides is 3. The Morgan fingerprint density at radius 3 is 2.44 bits per heavy atom. The molecule has 1 fully saturated rings. The molecule has 0 saturated carbocycles. The van der Waals surface area contributed by atoms with Gasteiger partial charge in [0.25, 0.3) is 17.4 Å². The van der Waals surface area contributed by atoms with Gasteiger partial charge in [-0.05, 0) is 18.2 Å². The minimum absolute atomic E-state index is 0.0348. The Labute approximate surface area is 152 Å². The van der Waals surface area contributed by atoms with Crippen LogP contribution in [0.15, 0.2) is 42.6 Å². The van der Waals surface area contributed by atoms with E-state index in [1.54, 1.807) is 4.90 Å². The number of halogens is 3. The number of amides is 1. The molecule has 27 heavy (non-hydrogen) atoms. The third-order valence-electron chi connectivity index (χ3n) is 4.33. The molecule has 2 heterocycles. The molecule has 0 spiro atoms. The summed E-state index contributed by atoms with van der Waals surface area (Å²) in [5.41, 5.74) is -0.767. The lowest BCUT2D eigenvalue weighted by atomic mass is 10.1. The maximum Gasteiger partial charge on any atom is 0.424 e. The molecule has 2 aromatic rings. The van der Waals surface area contributed by atoms with Crippen LogP contribution in [0.4, 0.5) is 24.7 Å². The van der Waals surface area contributed by atoms with Crippen LogP contribution in [0.25, 0.3) is 0 Å². The third kappa shape index (κ3) is 3.99. The zero-order valence-electron chi connectivity index (χ0n) is 14.1. The molecule has 10 heteroatoms. The van der Waals surface area contributed by atoms with E-state index >= 15 is 0 Å². The van der Waals surface area contributed by atoms with E-state index in [2.05, 4.69) is 4.98 Å². The number of rotatable bonds is 3. The van der Waals surface area contributed by atoms with E-state index in [1.165, 1.54) is 41.4 Å². The van der Waals surface area contributed by atoms with Crippen LogP contribution in [0, 0.1) is 10.1 Å². The number of hydrogen-bond donors (Lipinski definition) is 0. The number of nitro groups is 1. The van der Waals surface area contributed by atoms with E-state index in [0.29, 0.717) is 0 Å². The number of nitrogens with one attached hydrogen (secondary N) is 1. The minimum atomic E-state index is -4.48. The van der Waals surface area contributed by atoms with Crippen molar-refractivity contribution in [3.05, 3.63) is 63.8 Å². The van der Waals surface area contributed by atoms with Crippen molar-refractivity contribution in [1.29, 1.82) is 0 Å². The monoisotopic (exact) mass is 381 g/mol. The second-order valence-corrected chi connectivity index (χ2v) is 6.02. The topological polar surface area (TPSA) is 80.8 Å². The fourth-order valence-corrected chi connectivity index (χ4v) is 2.99. The molecule has 1 aromatic carbocycles. The number of anilines is 1. The van der Waals surface area contributed by atoms with Crippen molar-refractivity contribution in [1.82, 2.24) is 4.90 Å². The number of pyridine rings is 1. The number of H-pyrrole nitrogens is 1. The summed E-state index contributed by atoms with van der Waals surface area (Å²) in [5.74, 6) is -0.418. The first-order valence-electron chi connectivity index (χ1n) is 8.14. The number of benzene rings is 1. The zero-order chi connectivity index (χ0) is 19.6. The first kappa shape index (κ1) is 18.6. The molecule has 1 aliphatic heterocycles. The van der Waals surface area contributed by atoms with Crippen LogP contribution in [0.5, 0.6) is 0 Å². The summed E-state index contributed by atoms with van der Waals surface area (Å²) >= 11 is 0. The van der Waals surface area contributed by atoms with Gasteiger partial charge in [-0.1, -0.05) is 6.07 Å². The molecule has 0 aliphatic carbocycles. The summed E-state index contributed by atoms with van der Waals surface area (Å²) < 4.78 is 39.5. The summed E-state index contributed by atoms with van der Waals surface area (Å²) in [6.45, 7) is 0.845. The normalized spacial score (nSPS) is 14.9. The number of non-ortho nitro benzene ring substituents is 1. The highest BCUT2D eigenvalue weighted by atomic mass is 19.4. The standard InChI is InChI=1S/C17H15F3N4O3/c18-17(19,20)14-5-2-6-21-15(14)22-7-9-23(10-8-22)16(25)12-3-1-4-13(11-12)24(26)27/h1-6,11H,7-10H2/p+1. The lowest BCUT2D eigenvalue weighted by Crippen LogP contribution is -2.50. The van der Waals surface area contributed by atoms with Gasteiger partial charge in [0.15, 0.2) is 0 Å². The smallest absolute Gasteiger partial charge is 0.331 e. The van der Waals surface area contributed by atoms with Crippen molar-refractivity contribution >= 4 is 17.4 Å². The zero-order valence-corrected chi connectivity index (χ0v) is 14.1. The highest BCUT2D eigenvalue weighted by Crippen LogP contribution is 2.34. The van der Waals surface area contributed by atoms with Gasteiger partial charge in [-0.3, -0.25) is 19.8 Å². The Morgan fingerprint density at radius 2 is 1.81 bits per heavy atom. The van der Waals surface area contributed by atoms with Crippen molar-refractivity contribution in [2.75, 3.05) is 31.1 Å². The predicted octanol–water partition coefficient (Wildman–Crippen LogP) is 2.39. The van der Waals surface area contributed by atoms with Gasteiger partial charge in [0.05, 0.1) is 24.2 Å². The van der Waals surface area contributed by atoms with Crippen LogP contribution in [-0.4, -0.2) is 41.9 Å². The van der Waals surface area contributed by atoms with Crippen molar-refractivity contribution in [3.63, 3.8) is 0 Å². The van der Waals surface area contributed by atoms with E-state index in [1.807, 2.05) is 0 Å². The van der Waals surface area contributed by atoms with Crippen LogP contribution in [0.1, 0.15) is 15.9 Å². The first-order valence-corrected chi connectivity index (χ1v) is 8.14. The van der Waals surface area contributed by atoms with Crippen molar-refractivity contribution < 1.29 is 27.9 Å². The Kier molecular flexibility index (Phi) is 4.98. The molecule has 0 bridgehead atoms. The Balaban J connectivity index is 1.72. The number of carbonyl (C=O) groups excluding carboxylic acids is 1. The van der Waals surface area contributed by atoms with Gasteiger partial charge < -0.3 is 4.90 Å². The molecule has 7 nitrogen and oxygen atoms in total. The minimum Gasteiger partial charge on any atom is -0.331 e. The van der Waals surface area contributed by atoms with Gasteiger partial charge in [0, 0.05) is 17.7 Å². The fourth-order valence-electron chi connectivity index (χ4n) is 2.99. The number of piperazine rings is 1. The molecule has 0 atom stereocenters. The number of nitro benzene ring substituents is 1. The largest absolute Gasteiger partial charge is 0.424 e. The van der Waals surface area contributed by atoms with E-state index < -0.39 is 16.7 Å². The van der Waals surface area contributed by atoms with Crippen molar-refractivity contribution in [2.45, 2.75) is 6.18 Å². The molecule has 0 radical (unpaired) electrons. The molecule has 1 aromatic heterocycles. The molecule has 1 saturated heterocycles. The average Bonchev–Trinajstić information content (AvgIpc) is 2.67. The van der Waals surface area contributed by atoms with Crippen LogP contribution < -0.4 is 9.88 Å². The Hall–Kier alpha value is -3.17. The van der Waals surface area contributed by atoms with Gasteiger partial charge in [0.2, 0.25) is 0 Å². The maximum absolute atomic E-state index is 13.2. The number of aromatic nitrogens is 1. The summed E-state index contributed by atoms with van der Waals surface area (Å²) in [7, 11) is 0. The molecular formula is C17H16F3N4O3+. The number of nitrogens with zero attached hydrogens (tertiary/aromatic N) is 3. The lowest BCUT2D eigenvalue weighted by molar-refractivity contribution is -0.384. The number of hydrogen-bond acceptors (Lipinski definition) is 4. The highest BCUT2D eigenvalue weighted by molar-refractivity contribution is 5.95. The fraction of sp³-hybridized carbons (Fsp3) is 0.294. The summed E-state index contributed by atoms with van der Waals surface area (Å²) in [6.07, 6.45) is -3.06. The third-order valence-corrected chi connectivity index (χ3v) is 4.33. The highest BCUT2D eigenvalue weighted by Gasteiger charge is 2.40. The Morgan fingerprint density at radius 1 is 1.11 bits per heavy atom. The number of aromatic amines is 1. The molecular weight excluding hydrogens is 365 g/mol. The summed E-state index contributed by atoms with van der Waals surface area (Å²) in [4.78, 5) is 28.5. The second-order valence-electron chi connectivity index (χ2n) is 6.02. The van der Waals surface area contributed by atoms with Crippen molar-refractivity contribution in [2.24, 2.45) is 0 Å². The van der Waals surface area contributed by atoms with Gasteiger partial charge >= 0.3 is 6.18 Å². The lowest BCUT2D eigenvalue weighted by Gasteiger charge is -2.31. The predicted molar refractivity (Wildman–Crippen MR) is 89.2 cm³/mol. The summed E-state index contributed by atoms with van der Waals surface area (Å²) in [6, 6.07) is 7.69. The van der Waals surface area contributed by atoms with E-state index in [-0.39, 0.29) is 49.2 Å². The maximum atomic E-state index is 13.2. The molecule has 1 aliphatic rings. The molecule has 142 valence electrons. The quantitative estimate of drug-likeness (QED) is 0.604. The second kappa shape index (κ2) is 7.22. The van der Waals surface area contributed by atoms with E-state index in [4.69, 9.17) is 0 Å². The Bertz CT molecular complexity index is 864. The van der Waals surface area contributed by atoms with Crippen LogP contribution >= 0.6 is 0 Å². The van der Waals surface area contributed by atoms with Gasteiger partial charge in [-0.15, -0.1) is 0 Å². The van der Waals surface area contributed by atoms with Crippen LogP contribution in [0.3, 0.4) is 0 Å². The van der Waals surface area contributed by atoms with Crippen molar-refractivity contribution in [3.8, 4) is 0 Å². The van der Waals surface area contributed by atoms with E-state index in [9.17, 15) is 28.1 Å². The number of carbonyl (C=O) groups is 1. The SMILES string of the molecule is O=C(c1cccc([N+](=O)[O-])c1)N1CCN(c2[nH+]cccc2C(F)(F)F)CC1. The summed E-state index contributed by atoms with van der Waals surface area (Å²) in [5, 5.41) is 10.8. The molecule has 1 amide bonds. The van der Waals surface area contributed by atoms with Gasteiger partial charge in [0.1, 0.15) is 18.7 Å². The molecule has 0 unspecified atom stereocenters. The van der Waals surface area contributed by atoms with Crippen LogP contribution in [0.2, 0.25) is 0 Å².